The fourth-order valence-corrected chi connectivity index (χ4v) is 6.80. The third-order valence-corrected chi connectivity index (χ3v) is 8.87. The van der Waals surface area contributed by atoms with E-state index in [0.717, 1.165) is 32.1 Å². The lowest BCUT2D eigenvalue weighted by atomic mass is 10.1. The third-order valence-electron chi connectivity index (χ3n) is 6.98. The first-order chi connectivity index (χ1) is 19.1. The largest absolute Gasteiger partial charge is 0.480 e. The van der Waals surface area contributed by atoms with E-state index < -0.39 is 34.2 Å². The fraction of sp³-hybridized carbons (Fsp3) is 0.355. The number of unbranched alkanes of at least 4 members (excludes halogenated alkanes) is 1. The third kappa shape index (κ3) is 6.54. The van der Waals surface area contributed by atoms with E-state index in [4.69, 9.17) is 4.74 Å². The molecule has 2 N–H and O–H groups in total. The van der Waals surface area contributed by atoms with Crippen molar-refractivity contribution in [1.82, 2.24) is 9.62 Å². The molecule has 3 aromatic rings. The van der Waals surface area contributed by atoms with Gasteiger partial charge >= 0.3 is 12.1 Å². The fourth-order valence-electron chi connectivity index (χ4n) is 5.03. The molecule has 1 aliphatic carbocycles. The zero-order chi connectivity index (χ0) is 28.9. The minimum absolute atomic E-state index is 0.0654. The number of carbonyl (C=O) groups excluding carboxylic acids is 1. The zero-order valence-corrected chi connectivity index (χ0v) is 23.9. The highest BCUT2D eigenvalue weighted by molar-refractivity contribution is 7.89. The average molecular weight is 565 g/mol. The second-order valence-corrected chi connectivity index (χ2v) is 12.4. The molecule has 0 saturated heterocycles. The molecule has 0 fully saturated rings. The van der Waals surface area contributed by atoms with Crippen molar-refractivity contribution in [2.75, 3.05) is 13.1 Å². The van der Waals surface area contributed by atoms with E-state index in [1.807, 2.05) is 69.3 Å². The van der Waals surface area contributed by atoms with Gasteiger partial charge in [0.25, 0.3) is 0 Å². The molecule has 9 heteroatoms. The van der Waals surface area contributed by atoms with E-state index >= 15 is 0 Å². The first kappa shape index (κ1) is 29.3. The molecule has 0 bridgehead atoms. The molecule has 4 rings (SSSR count). The number of hydrogen-bond donors (Lipinski definition) is 2. The number of fused-ring (bicyclic) bond motifs is 3. The van der Waals surface area contributed by atoms with Crippen molar-refractivity contribution in [3.63, 3.8) is 0 Å². The Bertz CT molecular complexity index is 1410. The van der Waals surface area contributed by atoms with Crippen molar-refractivity contribution in [1.29, 1.82) is 0 Å². The molecule has 40 heavy (non-hydrogen) atoms. The van der Waals surface area contributed by atoms with Gasteiger partial charge in [-0.05, 0) is 55.4 Å². The molecule has 0 spiro atoms. The summed E-state index contributed by atoms with van der Waals surface area (Å²) in [5.74, 6) is -1.26. The quantitative estimate of drug-likeness (QED) is 0.271. The smallest absolute Gasteiger partial charge is 0.408 e. The summed E-state index contributed by atoms with van der Waals surface area (Å²) < 4.78 is 33.7. The predicted octanol–water partition coefficient (Wildman–Crippen LogP) is 5.76. The van der Waals surface area contributed by atoms with Gasteiger partial charge in [0.15, 0.2) is 6.10 Å². The monoisotopic (exact) mass is 564 g/mol. The number of alkyl carbamates (subject to hydrolysis) is 1. The van der Waals surface area contributed by atoms with Gasteiger partial charge in [-0.15, -0.1) is 0 Å². The lowest BCUT2D eigenvalue weighted by Gasteiger charge is -2.29. The van der Waals surface area contributed by atoms with Gasteiger partial charge in [-0.25, -0.2) is 13.2 Å². The molecule has 0 aliphatic heterocycles. The molecule has 0 heterocycles. The summed E-state index contributed by atoms with van der Waals surface area (Å²) in [4.78, 5) is 24.9. The molecule has 0 radical (unpaired) electrons. The van der Waals surface area contributed by atoms with E-state index in [9.17, 15) is 23.1 Å². The van der Waals surface area contributed by atoms with E-state index in [1.54, 1.807) is 12.1 Å². The molecule has 3 aromatic carbocycles. The second-order valence-electron chi connectivity index (χ2n) is 10.5. The number of ether oxygens (including phenoxy) is 1. The van der Waals surface area contributed by atoms with Crippen LogP contribution in [0.1, 0.15) is 55.9 Å². The highest BCUT2D eigenvalue weighted by Crippen LogP contribution is 2.45. The van der Waals surface area contributed by atoms with Crippen LogP contribution in [0.25, 0.3) is 11.1 Å². The van der Waals surface area contributed by atoms with Crippen molar-refractivity contribution >= 4 is 22.1 Å². The van der Waals surface area contributed by atoms with Gasteiger partial charge in [-0.3, -0.25) is 4.79 Å². The first-order valence-electron chi connectivity index (χ1n) is 13.5. The Hall–Kier alpha value is -3.69. The van der Waals surface area contributed by atoms with Gasteiger partial charge in [-0.2, -0.15) is 4.31 Å². The van der Waals surface area contributed by atoms with Crippen molar-refractivity contribution in [2.45, 2.75) is 57.1 Å². The molecular weight excluding hydrogens is 528 g/mol. The normalized spacial score (nSPS) is 13.6. The number of nitrogens with zero attached hydrogens (tertiary/aromatic N) is 1. The number of carbonyl (C=O) groups is 2. The molecule has 0 aromatic heterocycles. The van der Waals surface area contributed by atoms with Crippen LogP contribution >= 0.6 is 0 Å². The van der Waals surface area contributed by atoms with Gasteiger partial charge in [0, 0.05) is 24.2 Å². The maximum Gasteiger partial charge on any atom is 0.408 e. The van der Waals surface area contributed by atoms with Crippen molar-refractivity contribution in [2.24, 2.45) is 5.92 Å². The van der Waals surface area contributed by atoms with Crippen LogP contribution in [0.15, 0.2) is 77.7 Å². The second kappa shape index (κ2) is 12.7. The molecule has 1 amide bonds. The molecule has 0 unspecified atom stereocenters. The Morgan fingerprint density at radius 2 is 1.50 bits per heavy atom. The van der Waals surface area contributed by atoms with Crippen LogP contribution in [-0.4, -0.2) is 49.0 Å². The number of aryl methyl sites for hydroxylation is 1. The van der Waals surface area contributed by atoms with Crippen molar-refractivity contribution in [3.8, 4) is 11.1 Å². The molecule has 1 atom stereocenters. The van der Waals surface area contributed by atoms with Crippen LogP contribution in [0.5, 0.6) is 0 Å². The van der Waals surface area contributed by atoms with E-state index in [-0.39, 0.29) is 30.3 Å². The number of sulfonamides is 1. The molecule has 8 nitrogen and oxygen atoms in total. The van der Waals surface area contributed by atoms with Gasteiger partial charge in [-0.1, -0.05) is 80.1 Å². The van der Waals surface area contributed by atoms with Crippen LogP contribution in [-0.2, 0) is 19.6 Å². The zero-order valence-electron chi connectivity index (χ0n) is 23.0. The Labute approximate surface area is 236 Å². The highest BCUT2D eigenvalue weighted by Gasteiger charge is 2.36. The standard InChI is InChI=1S/C31H36N2O6S/c1-21(2)20-33(40(37,38)23-17-15-22(3)16-18-23)28(30(34)35)14-8-9-19-32-31(36)39-29-26-12-6-4-10-24(26)25-11-5-7-13-27(25)29/h4-7,10-13,15-18,21,28-29H,8-9,14,19-20H2,1-3H3,(H,32,36)(H,34,35)/t28-/m0/s1. The molecule has 1 aliphatic rings. The van der Waals surface area contributed by atoms with Crippen LogP contribution < -0.4 is 5.32 Å². The number of nitrogens with one attached hydrogen (secondary N) is 1. The number of carboxylic acid groups (broad SMARTS) is 1. The summed E-state index contributed by atoms with van der Waals surface area (Å²) >= 11 is 0. The molecule has 0 saturated carbocycles. The van der Waals surface area contributed by atoms with Crippen molar-refractivity contribution < 1.29 is 27.9 Å². The highest BCUT2D eigenvalue weighted by atomic mass is 32.2. The maximum absolute atomic E-state index is 13.4. The Morgan fingerprint density at radius 1 is 0.925 bits per heavy atom. The van der Waals surface area contributed by atoms with Crippen LogP contribution in [0.4, 0.5) is 4.79 Å². The maximum atomic E-state index is 13.4. The SMILES string of the molecule is Cc1ccc(S(=O)(=O)N(CC(C)C)[C@@H](CCCCNC(=O)OC2c3ccccc3-c3ccccc32)C(=O)O)cc1. The van der Waals surface area contributed by atoms with Gasteiger partial charge in [0.05, 0.1) is 4.90 Å². The number of aliphatic carboxylic acids is 1. The minimum Gasteiger partial charge on any atom is -0.480 e. The number of rotatable bonds is 12. The van der Waals surface area contributed by atoms with Crippen LogP contribution in [0, 0.1) is 12.8 Å². The number of hydrogen-bond acceptors (Lipinski definition) is 5. The Morgan fingerprint density at radius 3 is 2.05 bits per heavy atom. The molecular formula is C31H36N2O6S. The average Bonchev–Trinajstić information content (AvgIpc) is 3.23. The first-order valence-corrected chi connectivity index (χ1v) is 15.0. The number of benzene rings is 3. The minimum atomic E-state index is -4.01. The summed E-state index contributed by atoms with van der Waals surface area (Å²) in [6, 6.07) is 20.9. The summed E-state index contributed by atoms with van der Waals surface area (Å²) in [6.07, 6.45) is -0.0657. The lowest BCUT2D eigenvalue weighted by molar-refractivity contribution is -0.141. The Kier molecular flexibility index (Phi) is 9.27. The van der Waals surface area contributed by atoms with E-state index in [2.05, 4.69) is 5.32 Å². The lowest BCUT2D eigenvalue weighted by Crippen LogP contribution is -2.46. The van der Waals surface area contributed by atoms with Gasteiger partial charge in [0.1, 0.15) is 6.04 Å². The number of carboxylic acids is 1. The van der Waals surface area contributed by atoms with Crippen LogP contribution in [0.2, 0.25) is 0 Å². The summed E-state index contributed by atoms with van der Waals surface area (Å²) in [6.45, 7) is 5.93. The molecule has 212 valence electrons. The van der Waals surface area contributed by atoms with E-state index in [0.29, 0.717) is 12.8 Å². The Balaban J connectivity index is 1.35. The number of amides is 1. The van der Waals surface area contributed by atoms with E-state index in [1.165, 1.54) is 12.1 Å². The van der Waals surface area contributed by atoms with Gasteiger partial charge in [0.2, 0.25) is 10.0 Å². The predicted molar refractivity (Wildman–Crippen MR) is 153 cm³/mol. The summed E-state index contributed by atoms with van der Waals surface area (Å²) in [5.41, 5.74) is 4.87. The van der Waals surface area contributed by atoms with Crippen molar-refractivity contribution in [3.05, 3.63) is 89.5 Å². The van der Waals surface area contributed by atoms with Gasteiger partial charge < -0.3 is 15.2 Å². The summed E-state index contributed by atoms with van der Waals surface area (Å²) in [5, 5.41) is 12.7. The topological polar surface area (TPSA) is 113 Å². The van der Waals surface area contributed by atoms with Crippen LogP contribution in [0.3, 0.4) is 0 Å². The summed E-state index contributed by atoms with van der Waals surface area (Å²) in [7, 11) is -4.01.